The molecular weight excluding hydrogens is 222 g/mol. The summed E-state index contributed by atoms with van der Waals surface area (Å²) in [4.78, 5) is 2.09. The van der Waals surface area contributed by atoms with Crippen molar-refractivity contribution in [2.24, 2.45) is 0 Å². The molecule has 0 aliphatic carbocycles. The lowest BCUT2D eigenvalue weighted by molar-refractivity contribution is 0.299. The van der Waals surface area contributed by atoms with Crippen LogP contribution in [0.3, 0.4) is 0 Å². The smallest absolute Gasteiger partial charge is 0.0471 e. The molecule has 18 heavy (non-hydrogen) atoms. The van der Waals surface area contributed by atoms with E-state index in [4.69, 9.17) is 5.11 Å². The summed E-state index contributed by atoms with van der Waals surface area (Å²) in [5, 5.41) is 8.88. The van der Waals surface area contributed by atoms with Gasteiger partial charge in [0.05, 0.1) is 0 Å². The minimum atomic E-state index is 0.205. The van der Waals surface area contributed by atoms with Crippen LogP contribution in [0.4, 0.5) is 5.69 Å². The molecule has 0 bridgehead atoms. The van der Waals surface area contributed by atoms with Gasteiger partial charge in [0.15, 0.2) is 0 Å². The molecule has 0 saturated heterocycles. The van der Waals surface area contributed by atoms with E-state index in [9.17, 15) is 0 Å². The van der Waals surface area contributed by atoms with Crippen LogP contribution in [0.5, 0.6) is 0 Å². The van der Waals surface area contributed by atoms with Crippen molar-refractivity contribution in [2.75, 3.05) is 25.6 Å². The van der Waals surface area contributed by atoms with Crippen LogP contribution in [0.1, 0.15) is 5.56 Å². The molecule has 2 aromatic rings. The molecule has 0 spiro atoms. The van der Waals surface area contributed by atoms with Gasteiger partial charge in [0.2, 0.25) is 0 Å². The lowest BCUT2D eigenvalue weighted by Gasteiger charge is -2.12. The van der Waals surface area contributed by atoms with E-state index < -0.39 is 0 Å². The van der Waals surface area contributed by atoms with E-state index >= 15 is 0 Å². The van der Waals surface area contributed by atoms with Gasteiger partial charge in [0, 0.05) is 26.4 Å². The SMILES string of the molecule is CN(C)c1ccc(-c2ccc(CCO)cc2)cc1. The molecule has 94 valence electrons. The Morgan fingerprint density at radius 1 is 0.833 bits per heavy atom. The predicted molar refractivity (Wildman–Crippen MR) is 77.0 cm³/mol. The molecule has 0 aromatic heterocycles. The summed E-state index contributed by atoms with van der Waals surface area (Å²) in [5.74, 6) is 0. The van der Waals surface area contributed by atoms with Crippen molar-refractivity contribution in [2.45, 2.75) is 6.42 Å². The first-order valence-corrected chi connectivity index (χ1v) is 6.18. The molecule has 1 N–H and O–H groups in total. The third-order valence-corrected chi connectivity index (χ3v) is 3.07. The second-order valence-corrected chi connectivity index (χ2v) is 4.61. The largest absolute Gasteiger partial charge is 0.396 e. The highest BCUT2D eigenvalue weighted by Crippen LogP contribution is 2.22. The van der Waals surface area contributed by atoms with E-state index in [0.29, 0.717) is 0 Å². The van der Waals surface area contributed by atoms with Crippen molar-refractivity contribution in [1.82, 2.24) is 0 Å². The topological polar surface area (TPSA) is 23.5 Å². The second-order valence-electron chi connectivity index (χ2n) is 4.61. The molecule has 0 unspecified atom stereocenters. The molecule has 0 atom stereocenters. The molecule has 0 aliphatic heterocycles. The quantitative estimate of drug-likeness (QED) is 0.889. The van der Waals surface area contributed by atoms with Crippen LogP contribution >= 0.6 is 0 Å². The van der Waals surface area contributed by atoms with Crippen LogP contribution in [-0.2, 0) is 6.42 Å². The van der Waals surface area contributed by atoms with Gasteiger partial charge in [-0.2, -0.15) is 0 Å². The number of aliphatic hydroxyl groups is 1. The summed E-state index contributed by atoms with van der Waals surface area (Å²) in [6.45, 7) is 0.205. The Balaban J connectivity index is 2.20. The van der Waals surface area contributed by atoms with Gasteiger partial charge in [0.25, 0.3) is 0 Å². The molecule has 0 heterocycles. The Labute approximate surface area is 109 Å². The van der Waals surface area contributed by atoms with Gasteiger partial charge in [0.1, 0.15) is 0 Å². The van der Waals surface area contributed by atoms with Crippen LogP contribution in [0.2, 0.25) is 0 Å². The van der Waals surface area contributed by atoms with Gasteiger partial charge >= 0.3 is 0 Å². The highest BCUT2D eigenvalue weighted by Gasteiger charge is 1.99. The fourth-order valence-electron chi connectivity index (χ4n) is 1.94. The van der Waals surface area contributed by atoms with Crippen LogP contribution in [0, 0.1) is 0 Å². The van der Waals surface area contributed by atoms with Crippen LogP contribution in [0.15, 0.2) is 48.5 Å². The summed E-state index contributed by atoms with van der Waals surface area (Å²) < 4.78 is 0. The minimum Gasteiger partial charge on any atom is -0.396 e. The highest BCUT2D eigenvalue weighted by molar-refractivity contribution is 5.66. The Morgan fingerprint density at radius 2 is 1.33 bits per heavy atom. The van der Waals surface area contributed by atoms with E-state index in [1.165, 1.54) is 22.4 Å². The number of aliphatic hydroxyl groups excluding tert-OH is 1. The fraction of sp³-hybridized carbons (Fsp3) is 0.250. The van der Waals surface area contributed by atoms with E-state index in [-0.39, 0.29) is 6.61 Å². The number of hydrogen-bond acceptors (Lipinski definition) is 2. The van der Waals surface area contributed by atoms with Gasteiger partial charge in [-0.3, -0.25) is 0 Å². The van der Waals surface area contributed by atoms with Crippen LogP contribution in [-0.4, -0.2) is 25.8 Å². The molecule has 0 fully saturated rings. The summed E-state index contributed by atoms with van der Waals surface area (Å²) >= 11 is 0. The number of nitrogens with zero attached hydrogens (tertiary/aromatic N) is 1. The number of benzene rings is 2. The summed E-state index contributed by atoms with van der Waals surface area (Å²) in [5.41, 5.74) is 4.81. The van der Waals surface area contributed by atoms with Gasteiger partial charge in [-0.15, -0.1) is 0 Å². The molecular formula is C16H19NO. The first-order valence-electron chi connectivity index (χ1n) is 6.18. The Kier molecular flexibility index (Phi) is 4.00. The predicted octanol–water partition coefficient (Wildman–Crippen LogP) is 2.95. The minimum absolute atomic E-state index is 0.205. The highest BCUT2D eigenvalue weighted by atomic mass is 16.2. The van der Waals surface area contributed by atoms with Crippen LogP contribution in [0.25, 0.3) is 11.1 Å². The van der Waals surface area contributed by atoms with E-state index in [1.807, 2.05) is 14.1 Å². The maximum Gasteiger partial charge on any atom is 0.0471 e. The van der Waals surface area contributed by atoms with Crippen molar-refractivity contribution >= 4 is 5.69 Å². The first kappa shape index (κ1) is 12.7. The zero-order valence-corrected chi connectivity index (χ0v) is 10.9. The maximum absolute atomic E-state index is 8.88. The van der Waals surface area contributed by atoms with E-state index in [0.717, 1.165) is 6.42 Å². The fourth-order valence-corrected chi connectivity index (χ4v) is 1.94. The van der Waals surface area contributed by atoms with Crippen LogP contribution < -0.4 is 4.90 Å². The average Bonchev–Trinajstić information content (AvgIpc) is 2.40. The number of anilines is 1. The molecule has 0 saturated carbocycles. The third kappa shape index (κ3) is 2.90. The first-order chi connectivity index (χ1) is 8.70. The van der Waals surface area contributed by atoms with Gasteiger partial charge < -0.3 is 10.0 Å². The normalized spacial score (nSPS) is 10.4. The van der Waals surface area contributed by atoms with E-state index in [2.05, 4.69) is 53.4 Å². The maximum atomic E-state index is 8.88. The van der Waals surface area contributed by atoms with Crippen molar-refractivity contribution in [3.63, 3.8) is 0 Å². The monoisotopic (exact) mass is 241 g/mol. The van der Waals surface area contributed by atoms with E-state index in [1.54, 1.807) is 0 Å². The third-order valence-electron chi connectivity index (χ3n) is 3.07. The van der Waals surface area contributed by atoms with Crippen molar-refractivity contribution in [3.8, 4) is 11.1 Å². The molecule has 0 radical (unpaired) electrons. The summed E-state index contributed by atoms with van der Waals surface area (Å²) in [6, 6.07) is 16.9. The lowest BCUT2D eigenvalue weighted by Crippen LogP contribution is -2.07. The Bertz CT molecular complexity index is 486. The van der Waals surface area contributed by atoms with Crippen molar-refractivity contribution < 1.29 is 5.11 Å². The zero-order valence-electron chi connectivity index (χ0n) is 10.9. The number of rotatable bonds is 4. The Hall–Kier alpha value is -1.80. The molecule has 2 rings (SSSR count). The standard InChI is InChI=1S/C16H19NO/c1-17(2)16-9-7-15(8-10-16)14-5-3-13(4-6-14)11-12-18/h3-10,18H,11-12H2,1-2H3. The van der Waals surface area contributed by atoms with Gasteiger partial charge in [-0.1, -0.05) is 36.4 Å². The molecule has 2 nitrogen and oxygen atoms in total. The lowest BCUT2D eigenvalue weighted by atomic mass is 10.0. The summed E-state index contributed by atoms with van der Waals surface area (Å²) in [6.07, 6.45) is 0.722. The second kappa shape index (κ2) is 5.69. The molecule has 0 amide bonds. The van der Waals surface area contributed by atoms with Gasteiger partial charge in [-0.25, -0.2) is 0 Å². The summed E-state index contributed by atoms with van der Waals surface area (Å²) in [7, 11) is 4.08. The number of hydrogen-bond donors (Lipinski definition) is 1. The van der Waals surface area contributed by atoms with Crippen molar-refractivity contribution in [1.29, 1.82) is 0 Å². The van der Waals surface area contributed by atoms with Crippen molar-refractivity contribution in [3.05, 3.63) is 54.1 Å². The molecule has 2 heteroatoms. The Morgan fingerprint density at radius 3 is 1.78 bits per heavy atom. The molecule has 2 aromatic carbocycles. The molecule has 0 aliphatic rings. The average molecular weight is 241 g/mol. The van der Waals surface area contributed by atoms with Gasteiger partial charge in [-0.05, 0) is 35.2 Å². The zero-order chi connectivity index (χ0) is 13.0.